The molecular formula is C14H30N4O. The number of carbonyl (C=O) groups excluding carboxylic acids is 1. The maximum Gasteiger partial charge on any atom is 0.236 e. The highest BCUT2D eigenvalue weighted by Crippen LogP contribution is 2.12. The van der Waals surface area contributed by atoms with Crippen LogP contribution in [-0.4, -0.2) is 80.0 Å². The minimum Gasteiger partial charge on any atom is -0.348 e. The number of nitrogens with two attached hydrogens (primary N) is 1. The Labute approximate surface area is 117 Å². The van der Waals surface area contributed by atoms with Crippen LogP contribution in [0.4, 0.5) is 0 Å². The molecule has 0 spiro atoms. The largest absolute Gasteiger partial charge is 0.348 e. The Morgan fingerprint density at radius 1 is 1.26 bits per heavy atom. The fraction of sp³-hybridized carbons (Fsp3) is 0.929. The van der Waals surface area contributed by atoms with Gasteiger partial charge in [-0.1, -0.05) is 6.92 Å². The van der Waals surface area contributed by atoms with Crippen molar-refractivity contribution < 1.29 is 4.79 Å². The quantitative estimate of drug-likeness (QED) is 0.750. The summed E-state index contributed by atoms with van der Waals surface area (Å²) in [6.45, 7) is 7.74. The van der Waals surface area contributed by atoms with Crippen LogP contribution in [0.5, 0.6) is 0 Å². The molecule has 1 aliphatic heterocycles. The number of amides is 1. The molecule has 1 fully saturated rings. The lowest BCUT2D eigenvalue weighted by Crippen LogP contribution is -2.41. The van der Waals surface area contributed by atoms with Crippen molar-refractivity contribution in [1.82, 2.24) is 14.7 Å². The molecule has 0 aromatic heterocycles. The monoisotopic (exact) mass is 270 g/mol. The van der Waals surface area contributed by atoms with Gasteiger partial charge in [-0.25, -0.2) is 0 Å². The molecule has 1 saturated heterocycles. The van der Waals surface area contributed by atoms with Crippen molar-refractivity contribution in [2.45, 2.75) is 32.2 Å². The van der Waals surface area contributed by atoms with Crippen molar-refractivity contribution in [2.75, 3.05) is 53.4 Å². The predicted molar refractivity (Wildman–Crippen MR) is 79.1 cm³/mol. The summed E-state index contributed by atoms with van der Waals surface area (Å²) in [5.74, 6) is 0.197. The van der Waals surface area contributed by atoms with Crippen molar-refractivity contribution in [3.05, 3.63) is 0 Å². The van der Waals surface area contributed by atoms with E-state index in [1.54, 1.807) is 4.90 Å². The van der Waals surface area contributed by atoms with E-state index in [2.05, 4.69) is 16.7 Å². The predicted octanol–water partition coefficient (Wildman–Crippen LogP) is 0.210. The Balaban J connectivity index is 2.44. The molecule has 5 nitrogen and oxygen atoms in total. The molecule has 1 heterocycles. The molecule has 0 aromatic carbocycles. The molecule has 0 radical (unpaired) electrons. The summed E-state index contributed by atoms with van der Waals surface area (Å²) in [4.78, 5) is 18.2. The number of hydrogen-bond donors (Lipinski definition) is 1. The van der Waals surface area contributed by atoms with E-state index in [0.717, 1.165) is 52.0 Å². The van der Waals surface area contributed by atoms with E-state index in [-0.39, 0.29) is 5.91 Å². The minimum atomic E-state index is 0.197. The zero-order chi connectivity index (χ0) is 14.3. The molecule has 112 valence electrons. The van der Waals surface area contributed by atoms with Crippen LogP contribution in [0.25, 0.3) is 0 Å². The zero-order valence-electron chi connectivity index (χ0n) is 12.8. The van der Waals surface area contributed by atoms with Gasteiger partial charge in [-0.3, -0.25) is 14.6 Å². The Morgan fingerprint density at radius 3 is 2.58 bits per heavy atom. The van der Waals surface area contributed by atoms with Gasteiger partial charge >= 0.3 is 0 Å². The zero-order valence-corrected chi connectivity index (χ0v) is 12.8. The van der Waals surface area contributed by atoms with E-state index in [9.17, 15) is 4.79 Å². The first kappa shape index (κ1) is 16.4. The molecule has 1 unspecified atom stereocenters. The summed E-state index contributed by atoms with van der Waals surface area (Å²) in [5, 5.41) is 0. The highest BCUT2D eigenvalue weighted by atomic mass is 16.2. The maximum absolute atomic E-state index is 11.8. The summed E-state index contributed by atoms with van der Waals surface area (Å²) >= 11 is 0. The van der Waals surface area contributed by atoms with Gasteiger partial charge in [-0.2, -0.15) is 0 Å². The van der Waals surface area contributed by atoms with Crippen LogP contribution in [-0.2, 0) is 4.79 Å². The fourth-order valence-electron chi connectivity index (χ4n) is 2.68. The van der Waals surface area contributed by atoms with E-state index >= 15 is 0 Å². The second-order valence-electron chi connectivity index (χ2n) is 5.59. The summed E-state index contributed by atoms with van der Waals surface area (Å²) in [7, 11) is 3.64. The molecule has 1 rings (SSSR count). The summed E-state index contributed by atoms with van der Waals surface area (Å²) < 4.78 is 0. The first-order valence-corrected chi connectivity index (χ1v) is 7.45. The number of likely N-dealkylation sites (N-methyl/N-ethyl adjacent to an activating group) is 1. The average Bonchev–Trinajstić information content (AvgIpc) is 2.61. The molecule has 1 amide bonds. The highest BCUT2D eigenvalue weighted by Gasteiger charge is 2.21. The van der Waals surface area contributed by atoms with Gasteiger partial charge in [0, 0.05) is 33.2 Å². The average molecular weight is 270 g/mol. The van der Waals surface area contributed by atoms with Gasteiger partial charge < -0.3 is 10.6 Å². The second-order valence-corrected chi connectivity index (χ2v) is 5.59. The van der Waals surface area contributed by atoms with Crippen LogP contribution >= 0.6 is 0 Å². The number of carbonyl (C=O) groups is 1. The van der Waals surface area contributed by atoms with Gasteiger partial charge in [-0.05, 0) is 38.9 Å². The minimum absolute atomic E-state index is 0.197. The Bertz CT molecular complexity index is 270. The molecule has 5 heteroatoms. The van der Waals surface area contributed by atoms with Crippen molar-refractivity contribution >= 4 is 5.91 Å². The van der Waals surface area contributed by atoms with Gasteiger partial charge in [0.05, 0.1) is 6.54 Å². The van der Waals surface area contributed by atoms with Gasteiger partial charge in [0.15, 0.2) is 0 Å². The Morgan fingerprint density at radius 2 is 2.00 bits per heavy atom. The SMILES string of the molecule is CCC(CCN)N1CCCN(CC(=O)N(C)C)CC1. The molecule has 0 bridgehead atoms. The molecule has 2 N–H and O–H groups in total. The Kier molecular flexibility index (Phi) is 7.34. The topological polar surface area (TPSA) is 52.8 Å². The third kappa shape index (κ3) is 5.47. The van der Waals surface area contributed by atoms with Gasteiger partial charge in [-0.15, -0.1) is 0 Å². The van der Waals surface area contributed by atoms with Crippen molar-refractivity contribution in [3.63, 3.8) is 0 Å². The molecule has 0 saturated carbocycles. The normalized spacial score (nSPS) is 20.0. The lowest BCUT2D eigenvalue weighted by atomic mass is 10.1. The first-order chi connectivity index (χ1) is 9.08. The van der Waals surface area contributed by atoms with Crippen LogP contribution in [0, 0.1) is 0 Å². The van der Waals surface area contributed by atoms with E-state index in [0.29, 0.717) is 12.6 Å². The number of nitrogens with zero attached hydrogens (tertiary/aromatic N) is 3. The lowest BCUT2D eigenvalue weighted by Gasteiger charge is -2.29. The molecule has 1 aliphatic rings. The molecule has 0 aromatic rings. The van der Waals surface area contributed by atoms with E-state index in [1.807, 2.05) is 14.1 Å². The van der Waals surface area contributed by atoms with Crippen molar-refractivity contribution in [2.24, 2.45) is 5.73 Å². The highest BCUT2D eigenvalue weighted by molar-refractivity contribution is 5.77. The van der Waals surface area contributed by atoms with E-state index in [4.69, 9.17) is 5.73 Å². The molecule has 1 atom stereocenters. The van der Waals surface area contributed by atoms with Gasteiger partial charge in [0.25, 0.3) is 0 Å². The van der Waals surface area contributed by atoms with Crippen LogP contribution in [0.2, 0.25) is 0 Å². The number of hydrogen-bond acceptors (Lipinski definition) is 4. The van der Waals surface area contributed by atoms with Gasteiger partial charge in [0.2, 0.25) is 5.91 Å². The number of rotatable bonds is 6. The van der Waals surface area contributed by atoms with Crippen LogP contribution < -0.4 is 5.73 Å². The molecule has 0 aliphatic carbocycles. The summed E-state index contributed by atoms with van der Waals surface area (Å²) in [6, 6.07) is 0.606. The summed E-state index contributed by atoms with van der Waals surface area (Å²) in [5.41, 5.74) is 5.69. The van der Waals surface area contributed by atoms with E-state index in [1.165, 1.54) is 0 Å². The third-order valence-electron chi connectivity index (χ3n) is 3.97. The van der Waals surface area contributed by atoms with Gasteiger partial charge in [0.1, 0.15) is 0 Å². The second kappa shape index (κ2) is 8.51. The molecular weight excluding hydrogens is 240 g/mol. The smallest absolute Gasteiger partial charge is 0.236 e. The van der Waals surface area contributed by atoms with Crippen molar-refractivity contribution in [3.8, 4) is 0 Å². The van der Waals surface area contributed by atoms with Crippen molar-refractivity contribution in [1.29, 1.82) is 0 Å². The van der Waals surface area contributed by atoms with Crippen LogP contribution in [0.15, 0.2) is 0 Å². The first-order valence-electron chi connectivity index (χ1n) is 7.45. The van der Waals surface area contributed by atoms with Crippen LogP contribution in [0.3, 0.4) is 0 Å². The van der Waals surface area contributed by atoms with E-state index < -0.39 is 0 Å². The third-order valence-corrected chi connectivity index (χ3v) is 3.97. The van der Waals surface area contributed by atoms with Crippen LogP contribution in [0.1, 0.15) is 26.2 Å². The molecule has 19 heavy (non-hydrogen) atoms. The fourth-order valence-corrected chi connectivity index (χ4v) is 2.68. The summed E-state index contributed by atoms with van der Waals surface area (Å²) in [6.07, 6.45) is 3.38. The lowest BCUT2D eigenvalue weighted by molar-refractivity contribution is -0.129. The standard InChI is InChI=1S/C14H30N4O/c1-4-13(6-7-15)18-9-5-8-17(10-11-18)12-14(19)16(2)3/h13H,4-12,15H2,1-3H3. The Hall–Kier alpha value is -0.650. The maximum atomic E-state index is 11.8.